The minimum absolute atomic E-state index is 0.0272. The highest BCUT2D eigenvalue weighted by Crippen LogP contribution is 2.60. The number of para-hydroxylation sites is 1. The number of nitrogens with one attached hydrogen (secondary N) is 1. The molecule has 6 aliphatic rings. The van der Waals surface area contributed by atoms with Crippen molar-refractivity contribution in [3.8, 4) is 33.4 Å². The van der Waals surface area contributed by atoms with Crippen LogP contribution in [0.25, 0.3) is 44.5 Å². The first-order valence-corrected chi connectivity index (χ1v) is 17.8. The first kappa shape index (κ1) is 26.9. The third-order valence-corrected chi connectivity index (χ3v) is 12.7. The molecule has 0 bridgehead atoms. The van der Waals surface area contributed by atoms with Gasteiger partial charge in [-0.25, -0.2) is 0 Å². The molecule has 4 atom stereocenters. The van der Waals surface area contributed by atoms with E-state index in [2.05, 4.69) is 153 Å². The van der Waals surface area contributed by atoms with Gasteiger partial charge in [-0.15, -0.1) is 0 Å². The predicted molar refractivity (Wildman–Crippen MR) is 200 cm³/mol. The molecule has 5 aromatic rings. The Bertz CT molecular complexity index is 2370. The fourth-order valence-electron chi connectivity index (χ4n) is 10.2. The van der Waals surface area contributed by atoms with Crippen LogP contribution in [0.4, 0.5) is 5.69 Å². The third kappa shape index (κ3) is 3.47. The molecule has 1 fully saturated rings. The molecule has 1 N–H and O–H groups in total. The van der Waals surface area contributed by atoms with Crippen molar-refractivity contribution in [3.05, 3.63) is 173 Å². The Morgan fingerprint density at radius 2 is 1.25 bits per heavy atom. The molecule has 0 heterocycles. The summed E-state index contributed by atoms with van der Waals surface area (Å²) >= 11 is 0. The minimum Gasteiger partial charge on any atom is -0.358 e. The zero-order valence-electron chi connectivity index (χ0n) is 27.4. The Morgan fingerprint density at radius 3 is 2.06 bits per heavy atom. The average molecular weight is 616 g/mol. The second kappa shape index (κ2) is 9.48. The van der Waals surface area contributed by atoms with Gasteiger partial charge in [0.1, 0.15) is 0 Å². The summed E-state index contributed by atoms with van der Waals surface area (Å²) in [5, 5.41) is 3.95. The van der Waals surface area contributed by atoms with Gasteiger partial charge >= 0.3 is 0 Å². The monoisotopic (exact) mass is 615 g/mol. The molecule has 0 aromatic heterocycles. The van der Waals surface area contributed by atoms with Crippen molar-refractivity contribution in [2.75, 3.05) is 5.32 Å². The van der Waals surface area contributed by atoms with Crippen molar-refractivity contribution in [2.45, 2.75) is 43.9 Å². The second-order valence-electron chi connectivity index (χ2n) is 15.2. The molecule has 4 unspecified atom stereocenters. The van der Waals surface area contributed by atoms with E-state index in [1.54, 1.807) is 11.1 Å². The Balaban J connectivity index is 1.00. The smallest absolute Gasteiger partial charge is 0.0461 e. The lowest BCUT2D eigenvalue weighted by Crippen LogP contribution is -2.27. The molecule has 6 aliphatic carbocycles. The molecule has 48 heavy (non-hydrogen) atoms. The van der Waals surface area contributed by atoms with E-state index in [9.17, 15) is 0 Å². The highest BCUT2D eigenvalue weighted by molar-refractivity contribution is 5.98. The topological polar surface area (TPSA) is 12.0 Å². The zero-order chi connectivity index (χ0) is 31.7. The van der Waals surface area contributed by atoms with E-state index in [0.717, 1.165) is 5.69 Å². The molecule has 230 valence electrons. The van der Waals surface area contributed by atoms with Crippen LogP contribution in [-0.4, -0.2) is 0 Å². The molecule has 0 aliphatic heterocycles. The molecule has 11 rings (SSSR count). The molecule has 1 nitrogen and oxygen atoms in total. The van der Waals surface area contributed by atoms with Crippen LogP contribution in [0.2, 0.25) is 0 Å². The summed E-state index contributed by atoms with van der Waals surface area (Å²) in [4.78, 5) is 0. The summed E-state index contributed by atoms with van der Waals surface area (Å²) in [5.41, 5.74) is 22.3. The minimum atomic E-state index is -0.0272. The van der Waals surface area contributed by atoms with Crippen LogP contribution < -0.4 is 5.32 Å². The van der Waals surface area contributed by atoms with Gasteiger partial charge in [0.15, 0.2) is 0 Å². The third-order valence-electron chi connectivity index (χ3n) is 12.7. The summed E-state index contributed by atoms with van der Waals surface area (Å²) in [7, 11) is 0. The number of hydrogen-bond acceptors (Lipinski definition) is 1. The summed E-state index contributed by atoms with van der Waals surface area (Å²) in [6.07, 6.45) is 14.2. The van der Waals surface area contributed by atoms with E-state index in [1.807, 2.05) is 0 Å². The van der Waals surface area contributed by atoms with Crippen molar-refractivity contribution in [2.24, 2.45) is 11.8 Å². The Labute approximate surface area is 283 Å². The first-order chi connectivity index (χ1) is 23.6. The summed E-state index contributed by atoms with van der Waals surface area (Å²) in [5.74, 6) is 2.02. The van der Waals surface area contributed by atoms with Crippen molar-refractivity contribution in [1.82, 2.24) is 0 Å². The zero-order valence-corrected chi connectivity index (χ0v) is 27.4. The van der Waals surface area contributed by atoms with Crippen molar-refractivity contribution < 1.29 is 0 Å². The molecule has 0 spiro atoms. The first-order valence-electron chi connectivity index (χ1n) is 17.8. The SMILES string of the molecule is CC1(C)c2ccc(-c3ccccc3NC3=CC=C4c5ccccc5C5=CC=CC3C54)cc2-c2cc3c(cc21)C1CCC1c1ccccc1-3. The lowest BCUT2D eigenvalue weighted by molar-refractivity contribution is 0.342. The van der Waals surface area contributed by atoms with Crippen molar-refractivity contribution in [1.29, 1.82) is 0 Å². The van der Waals surface area contributed by atoms with E-state index in [4.69, 9.17) is 0 Å². The molecular weight excluding hydrogens is 579 g/mol. The highest BCUT2D eigenvalue weighted by atomic mass is 14.9. The van der Waals surface area contributed by atoms with Gasteiger partial charge in [-0.05, 0) is 121 Å². The Morgan fingerprint density at radius 1 is 0.562 bits per heavy atom. The summed E-state index contributed by atoms with van der Waals surface area (Å²) in [6, 6.07) is 39.3. The number of allylic oxidation sites excluding steroid dienone is 7. The van der Waals surface area contributed by atoms with E-state index in [0.29, 0.717) is 23.7 Å². The highest BCUT2D eigenvalue weighted by Gasteiger charge is 2.44. The summed E-state index contributed by atoms with van der Waals surface area (Å²) < 4.78 is 0. The normalized spacial score (nSPS) is 23.9. The van der Waals surface area contributed by atoms with Gasteiger partial charge < -0.3 is 5.32 Å². The van der Waals surface area contributed by atoms with Crippen LogP contribution in [0.3, 0.4) is 0 Å². The molecule has 1 saturated carbocycles. The van der Waals surface area contributed by atoms with Crippen LogP contribution >= 0.6 is 0 Å². The molecule has 0 radical (unpaired) electrons. The van der Waals surface area contributed by atoms with Crippen molar-refractivity contribution in [3.63, 3.8) is 0 Å². The average Bonchev–Trinajstić information content (AvgIpc) is 3.54. The van der Waals surface area contributed by atoms with Crippen molar-refractivity contribution >= 4 is 16.8 Å². The van der Waals surface area contributed by atoms with Crippen LogP contribution in [-0.2, 0) is 5.41 Å². The van der Waals surface area contributed by atoms with Crippen LogP contribution in [0, 0.1) is 11.8 Å². The maximum Gasteiger partial charge on any atom is 0.0461 e. The van der Waals surface area contributed by atoms with Gasteiger partial charge in [0.05, 0.1) is 0 Å². The number of rotatable bonds is 3. The van der Waals surface area contributed by atoms with E-state index in [-0.39, 0.29) is 5.41 Å². The largest absolute Gasteiger partial charge is 0.358 e. The number of benzene rings is 5. The van der Waals surface area contributed by atoms with Gasteiger partial charge in [0.25, 0.3) is 0 Å². The molecular formula is C47H37N. The van der Waals surface area contributed by atoms with E-state index in [1.165, 1.54) is 85.3 Å². The van der Waals surface area contributed by atoms with Gasteiger partial charge in [0.2, 0.25) is 0 Å². The fourth-order valence-corrected chi connectivity index (χ4v) is 10.2. The van der Waals surface area contributed by atoms with E-state index < -0.39 is 0 Å². The Kier molecular flexibility index (Phi) is 5.31. The quantitative estimate of drug-likeness (QED) is 0.213. The summed E-state index contributed by atoms with van der Waals surface area (Å²) in [6.45, 7) is 4.85. The lowest BCUT2D eigenvalue weighted by Gasteiger charge is -2.44. The number of anilines is 1. The van der Waals surface area contributed by atoms with Gasteiger partial charge in [-0.1, -0.05) is 123 Å². The van der Waals surface area contributed by atoms with E-state index >= 15 is 0 Å². The Hall–Kier alpha value is -5.14. The number of hydrogen-bond donors (Lipinski definition) is 1. The van der Waals surface area contributed by atoms with Gasteiger partial charge in [0, 0.05) is 34.2 Å². The maximum atomic E-state index is 3.95. The lowest BCUT2D eigenvalue weighted by atomic mass is 9.60. The molecule has 5 aromatic carbocycles. The molecule has 0 amide bonds. The van der Waals surface area contributed by atoms with Gasteiger partial charge in [-0.3, -0.25) is 0 Å². The second-order valence-corrected chi connectivity index (χ2v) is 15.2. The maximum absolute atomic E-state index is 3.95. The molecule has 0 saturated heterocycles. The van der Waals surface area contributed by atoms with Gasteiger partial charge in [-0.2, -0.15) is 0 Å². The number of fused-ring (bicyclic) bond motifs is 12. The molecule has 1 heteroatoms. The van der Waals surface area contributed by atoms with Crippen LogP contribution in [0.1, 0.15) is 71.9 Å². The fraction of sp³-hybridized carbons (Fsp3) is 0.191. The van der Waals surface area contributed by atoms with Crippen LogP contribution in [0.15, 0.2) is 139 Å². The predicted octanol–water partition coefficient (Wildman–Crippen LogP) is 11.9. The standard InChI is InChI=1S/C47H37N/c1-47(2)42-22-18-27(24-40(42)41-25-38-32-14-6-3-11-29(32)33-19-20-34(33)39(38)26-43(41)47)28-10-7-8-17-44(28)48-45-23-21-36-31-13-5-4-12-30(31)35-15-9-16-37(45)46(35)36/h3-18,21-26,33-34,37,46,48H,19-20H2,1-2H3. The van der Waals surface area contributed by atoms with Crippen LogP contribution in [0.5, 0.6) is 0 Å².